The average molecular weight is 468 g/mol. The van der Waals surface area contributed by atoms with Crippen molar-refractivity contribution in [1.82, 2.24) is 19.7 Å². The molecule has 0 aliphatic carbocycles. The van der Waals surface area contributed by atoms with Crippen molar-refractivity contribution in [2.75, 3.05) is 46.3 Å². The highest BCUT2D eigenvalue weighted by atomic mass is 35.5. The molecule has 0 radical (unpaired) electrons. The van der Waals surface area contributed by atoms with Crippen molar-refractivity contribution < 1.29 is 14.3 Å². The predicted octanol–water partition coefficient (Wildman–Crippen LogP) is 4.03. The number of carbonyl (C=O) groups is 1. The minimum Gasteiger partial charge on any atom is -0.495 e. The number of benzene rings is 1. The van der Waals surface area contributed by atoms with Gasteiger partial charge < -0.3 is 14.4 Å². The highest BCUT2D eigenvalue weighted by Crippen LogP contribution is 2.40. The van der Waals surface area contributed by atoms with Crippen LogP contribution in [-0.4, -0.2) is 67.0 Å². The number of halogens is 1. The summed E-state index contributed by atoms with van der Waals surface area (Å²) in [5.41, 5.74) is 2.05. The van der Waals surface area contributed by atoms with E-state index in [2.05, 4.69) is 5.10 Å². The molecule has 0 saturated carbocycles. The number of aromatic nitrogens is 3. The van der Waals surface area contributed by atoms with Gasteiger partial charge in [-0.3, -0.25) is 14.4 Å². The van der Waals surface area contributed by atoms with Gasteiger partial charge in [0.25, 0.3) is 5.91 Å². The minimum absolute atomic E-state index is 0. The second-order valence-electron chi connectivity index (χ2n) is 7.61. The van der Waals surface area contributed by atoms with Gasteiger partial charge in [0.15, 0.2) is 10.8 Å². The molecule has 2 heterocycles. The van der Waals surface area contributed by atoms with Crippen molar-refractivity contribution in [2.24, 2.45) is 0 Å². The zero-order valence-corrected chi connectivity index (χ0v) is 20.6. The number of amides is 1. The van der Waals surface area contributed by atoms with Gasteiger partial charge in [-0.15, -0.1) is 12.4 Å². The van der Waals surface area contributed by atoms with Crippen LogP contribution in [-0.2, 0) is 0 Å². The highest BCUT2D eigenvalue weighted by molar-refractivity contribution is 7.22. The molecule has 1 aromatic carbocycles. The van der Waals surface area contributed by atoms with Gasteiger partial charge >= 0.3 is 0 Å². The van der Waals surface area contributed by atoms with Crippen molar-refractivity contribution in [1.29, 1.82) is 0 Å². The monoisotopic (exact) mass is 467 g/mol. The van der Waals surface area contributed by atoms with Gasteiger partial charge in [0.2, 0.25) is 0 Å². The van der Waals surface area contributed by atoms with Crippen LogP contribution < -0.4 is 14.4 Å². The van der Waals surface area contributed by atoms with E-state index in [0.717, 1.165) is 10.4 Å². The Balaban J connectivity index is 0.00000341. The maximum Gasteiger partial charge on any atom is 0.280 e. The fourth-order valence-electron chi connectivity index (χ4n) is 3.23. The molecule has 31 heavy (non-hydrogen) atoms. The number of carbonyl (C=O) groups excluding carboxylic acids is 1. The molecule has 0 N–H and O–H groups in total. The molecule has 1 amide bonds. The van der Waals surface area contributed by atoms with E-state index in [1.165, 1.54) is 11.3 Å². The molecule has 0 bridgehead atoms. The van der Waals surface area contributed by atoms with E-state index in [1.54, 1.807) is 19.1 Å². The molecule has 2 aromatic heterocycles. The van der Waals surface area contributed by atoms with E-state index in [4.69, 9.17) is 14.5 Å². The first kappa shape index (κ1) is 24.9. The van der Waals surface area contributed by atoms with Crippen molar-refractivity contribution in [2.45, 2.75) is 26.8 Å². The molecule has 0 spiro atoms. The molecule has 0 saturated heterocycles. The summed E-state index contributed by atoms with van der Waals surface area (Å²) in [7, 11) is 7.18. The lowest BCUT2D eigenvalue weighted by atomic mass is 10.3. The Labute approximate surface area is 193 Å². The van der Waals surface area contributed by atoms with Gasteiger partial charge in [-0.05, 0) is 53.1 Å². The number of hydrogen-bond donors (Lipinski definition) is 0. The van der Waals surface area contributed by atoms with Crippen molar-refractivity contribution >= 4 is 45.0 Å². The van der Waals surface area contributed by atoms with Crippen LogP contribution in [0, 0.1) is 6.92 Å². The number of fused-ring (bicyclic) bond motifs is 1. The number of likely N-dealkylation sites (N-methyl/N-ethyl adjacent to an activating group) is 1. The molecule has 0 aliphatic rings. The standard InChI is InChI=1S/C21H29N5O3S.ClH/c1-13(2)26-14(3)12-15(23-26)20(27)25(11-10-24(4)5)21-22-18-16(28-6)8-9-17(29-7)19(18)30-21;/h8-9,12-13H,10-11H2,1-7H3;1H. The fraction of sp³-hybridized carbons (Fsp3) is 0.476. The Morgan fingerprint density at radius 1 is 1.16 bits per heavy atom. The van der Waals surface area contributed by atoms with E-state index in [0.29, 0.717) is 40.9 Å². The molecule has 0 fully saturated rings. The van der Waals surface area contributed by atoms with E-state index in [1.807, 2.05) is 62.6 Å². The molecule has 10 heteroatoms. The summed E-state index contributed by atoms with van der Waals surface area (Å²) < 4.78 is 13.7. The summed E-state index contributed by atoms with van der Waals surface area (Å²) in [4.78, 5) is 21.9. The molecule has 0 aliphatic heterocycles. The summed E-state index contributed by atoms with van der Waals surface area (Å²) in [5, 5.41) is 5.14. The molecule has 8 nitrogen and oxygen atoms in total. The van der Waals surface area contributed by atoms with Crippen LogP contribution in [0.15, 0.2) is 18.2 Å². The first-order valence-electron chi connectivity index (χ1n) is 9.81. The van der Waals surface area contributed by atoms with Crippen LogP contribution in [0.1, 0.15) is 36.1 Å². The van der Waals surface area contributed by atoms with Crippen LogP contribution in [0.3, 0.4) is 0 Å². The second kappa shape index (κ2) is 10.3. The molecular weight excluding hydrogens is 438 g/mol. The van der Waals surface area contributed by atoms with Crippen LogP contribution in [0.5, 0.6) is 11.5 Å². The van der Waals surface area contributed by atoms with E-state index >= 15 is 0 Å². The lowest BCUT2D eigenvalue weighted by Crippen LogP contribution is -2.37. The lowest BCUT2D eigenvalue weighted by Gasteiger charge is -2.21. The normalized spacial score (nSPS) is 11.1. The molecular formula is C21H30ClN5O3S. The maximum atomic E-state index is 13.5. The van der Waals surface area contributed by atoms with Crippen LogP contribution in [0.4, 0.5) is 5.13 Å². The molecule has 170 valence electrons. The van der Waals surface area contributed by atoms with Gasteiger partial charge in [0.05, 0.1) is 14.2 Å². The number of rotatable bonds is 8. The largest absolute Gasteiger partial charge is 0.495 e. The molecule has 0 unspecified atom stereocenters. The SMILES string of the molecule is COc1ccc(OC)c2sc(N(CCN(C)C)C(=O)c3cc(C)n(C(C)C)n3)nc12.Cl. The number of ether oxygens (including phenoxy) is 2. The molecule has 3 rings (SSSR count). The summed E-state index contributed by atoms with van der Waals surface area (Å²) >= 11 is 1.41. The number of aryl methyl sites for hydroxylation is 1. The van der Waals surface area contributed by atoms with Crippen molar-refractivity contribution in [3.05, 3.63) is 29.6 Å². The Morgan fingerprint density at radius 3 is 2.35 bits per heavy atom. The van der Waals surface area contributed by atoms with Gasteiger partial charge in [-0.2, -0.15) is 5.10 Å². The van der Waals surface area contributed by atoms with Crippen molar-refractivity contribution in [3.8, 4) is 11.5 Å². The van der Waals surface area contributed by atoms with Crippen LogP contribution >= 0.6 is 23.7 Å². The van der Waals surface area contributed by atoms with E-state index in [-0.39, 0.29) is 24.4 Å². The number of nitrogens with zero attached hydrogens (tertiary/aromatic N) is 5. The average Bonchev–Trinajstić information content (AvgIpc) is 3.31. The summed E-state index contributed by atoms with van der Waals surface area (Å²) in [6.07, 6.45) is 0. The van der Waals surface area contributed by atoms with Crippen LogP contribution in [0.25, 0.3) is 10.2 Å². The Hall–Kier alpha value is -2.36. The Kier molecular flexibility index (Phi) is 8.27. The van der Waals surface area contributed by atoms with Crippen molar-refractivity contribution in [3.63, 3.8) is 0 Å². The highest BCUT2D eigenvalue weighted by Gasteiger charge is 2.26. The second-order valence-corrected chi connectivity index (χ2v) is 8.59. The van der Waals surface area contributed by atoms with Gasteiger partial charge in [0.1, 0.15) is 21.7 Å². The smallest absolute Gasteiger partial charge is 0.280 e. The number of thiazole rings is 1. The zero-order chi connectivity index (χ0) is 22.0. The lowest BCUT2D eigenvalue weighted by molar-refractivity contribution is 0.0979. The molecule has 3 aromatic rings. The number of hydrogen-bond acceptors (Lipinski definition) is 7. The number of anilines is 1. The first-order valence-corrected chi connectivity index (χ1v) is 10.6. The topological polar surface area (TPSA) is 72.7 Å². The fourth-order valence-corrected chi connectivity index (χ4v) is 4.33. The Bertz CT molecular complexity index is 1010. The quantitative estimate of drug-likeness (QED) is 0.498. The Morgan fingerprint density at radius 2 is 1.81 bits per heavy atom. The summed E-state index contributed by atoms with van der Waals surface area (Å²) in [5.74, 6) is 1.18. The maximum absolute atomic E-state index is 13.5. The summed E-state index contributed by atoms with van der Waals surface area (Å²) in [6.45, 7) is 7.24. The third kappa shape index (κ3) is 5.11. The summed E-state index contributed by atoms with van der Waals surface area (Å²) in [6, 6.07) is 5.68. The van der Waals surface area contributed by atoms with E-state index in [9.17, 15) is 4.79 Å². The van der Waals surface area contributed by atoms with Gasteiger partial charge in [-0.1, -0.05) is 11.3 Å². The number of methoxy groups -OCH3 is 2. The third-order valence-electron chi connectivity index (χ3n) is 4.78. The zero-order valence-electron chi connectivity index (χ0n) is 19.0. The minimum atomic E-state index is -0.170. The van der Waals surface area contributed by atoms with Crippen LogP contribution in [0.2, 0.25) is 0 Å². The van der Waals surface area contributed by atoms with E-state index < -0.39 is 0 Å². The third-order valence-corrected chi connectivity index (χ3v) is 5.87. The predicted molar refractivity (Wildman–Crippen MR) is 128 cm³/mol. The van der Waals surface area contributed by atoms with Gasteiger partial charge in [0, 0.05) is 24.8 Å². The first-order chi connectivity index (χ1) is 14.3. The molecule has 0 atom stereocenters. The van der Waals surface area contributed by atoms with Gasteiger partial charge in [-0.25, -0.2) is 4.98 Å².